The summed E-state index contributed by atoms with van der Waals surface area (Å²) in [4.78, 5) is -0.172. The summed E-state index contributed by atoms with van der Waals surface area (Å²) in [6.45, 7) is 12.3. The van der Waals surface area contributed by atoms with Crippen LogP contribution in [0.2, 0.25) is 28.2 Å². The number of hydrogen-bond acceptors (Lipinski definition) is 4. The second kappa shape index (κ2) is 11.2. The number of aliphatic hydroxyl groups is 1. The predicted octanol–water partition coefficient (Wildman–Crippen LogP) is 6.99. The Bertz CT molecular complexity index is 1270. The number of hydrogen-bond donors (Lipinski definition) is 2. The minimum atomic E-state index is -4.24. The molecule has 0 amide bonds. The number of rotatable bonds is 9. The van der Waals surface area contributed by atoms with E-state index in [1.54, 1.807) is 31.2 Å². The van der Waals surface area contributed by atoms with E-state index in [1.165, 1.54) is 18.2 Å². The molecule has 0 bridgehead atoms. The van der Waals surface area contributed by atoms with Gasteiger partial charge in [0, 0.05) is 5.02 Å². The van der Waals surface area contributed by atoms with Gasteiger partial charge < -0.3 is 9.53 Å². The maximum atomic E-state index is 13.8. The van der Waals surface area contributed by atoms with Gasteiger partial charge in [-0.2, -0.15) is 0 Å². The SMILES string of the molecule is C[C@@H](O[Si](C)(C)C(C)(C)C)[C@H](NS(=O)(=O)c1cc(Cl)ccc1Cl)C(O)(c1ccccc1)c1ccccc1. The molecule has 3 aromatic carbocycles. The second-order valence-corrected chi connectivity index (χ2v) is 18.0. The van der Waals surface area contributed by atoms with E-state index in [9.17, 15) is 13.5 Å². The van der Waals surface area contributed by atoms with Gasteiger partial charge in [0.2, 0.25) is 10.0 Å². The summed E-state index contributed by atoms with van der Waals surface area (Å²) in [5.74, 6) is 0. The van der Waals surface area contributed by atoms with E-state index in [4.69, 9.17) is 27.6 Å². The number of nitrogens with one attached hydrogen (secondary N) is 1. The van der Waals surface area contributed by atoms with Crippen LogP contribution >= 0.6 is 23.2 Å². The van der Waals surface area contributed by atoms with Gasteiger partial charge in [0.1, 0.15) is 10.5 Å². The van der Waals surface area contributed by atoms with E-state index < -0.39 is 36.1 Å². The zero-order valence-electron chi connectivity index (χ0n) is 22.0. The highest BCUT2D eigenvalue weighted by Crippen LogP contribution is 2.41. The summed E-state index contributed by atoms with van der Waals surface area (Å²) in [7, 11) is -6.62. The number of halogens is 2. The molecule has 2 atom stereocenters. The number of benzene rings is 3. The predicted molar refractivity (Wildman–Crippen MR) is 154 cm³/mol. The Labute approximate surface area is 232 Å². The van der Waals surface area contributed by atoms with Gasteiger partial charge in [0.15, 0.2) is 8.32 Å². The van der Waals surface area contributed by atoms with Crippen molar-refractivity contribution in [2.45, 2.75) is 68.5 Å². The Hall–Kier alpha value is -1.71. The quantitative estimate of drug-likeness (QED) is 0.268. The van der Waals surface area contributed by atoms with E-state index in [2.05, 4.69) is 38.6 Å². The lowest BCUT2D eigenvalue weighted by Gasteiger charge is -2.45. The average Bonchev–Trinajstić information content (AvgIpc) is 2.83. The molecule has 9 heteroatoms. The van der Waals surface area contributed by atoms with Gasteiger partial charge in [-0.1, -0.05) is 105 Å². The van der Waals surface area contributed by atoms with Crippen LogP contribution in [0.5, 0.6) is 0 Å². The van der Waals surface area contributed by atoms with Gasteiger partial charge in [0.05, 0.1) is 17.2 Å². The van der Waals surface area contributed by atoms with Crippen molar-refractivity contribution in [2.24, 2.45) is 0 Å². The van der Waals surface area contributed by atoms with Crippen molar-refractivity contribution in [1.82, 2.24) is 4.72 Å². The summed E-state index contributed by atoms with van der Waals surface area (Å²) in [5, 5.41) is 12.7. The molecule has 0 spiro atoms. The molecule has 0 unspecified atom stereocenters. The minimum Gasteiger partial charge on any atom is -0.412 e. The van der Waals surface area contributed by atoms with E-state index in [1.807, 2.05) is 36.4 Å². The maximum absolute atomic E-state index is 13.8. The molecule has 0 aromatic heterocycles. The summed E-state index contributed by atoms with van der Waals surface area (Å²) in [5.41, 5.74) is -0.726. The Morgan fingerprint density at radius 1 is 0.892 bits per heavy atom. The van der Waals surface area contributed by atoms with Gasteiger partial charge in [-0.05, 0) is 54.4 Å². The van der Waals surface area contributed by atoms with Crippen LogP contribution in [-0.2, 0) is 20.1 Å². The van der Waals surface area contributed by atoms with Crippen LogP contribution < -0.4 is 4.72 Å². The summed E-state index contributed by atoms with van der Waals surface area (Å²) < 4.78 is 37.0. The molecule has 200 valence electrons. The first-order chi connectivity index (χ1) is 17.1. The van der Waals surface area contributed by atoms with Crippen molar-refractivity contribution in [3.63, 3.8) is 0 Å². The summed E-state index contributed by atoms with van der Waals surface area (Å²) >= 11 is 12.4. The zero-order chi connectivity index (χ0) is 27.6. The molecule has 0 aliphatic heterocycles. The monoisotopic (exact) mass is 579 g/mol. The lowest BCUT2D eigenvalue weighted by Crippen LogP contribution is -2.59. The third kappa shape index (κ3) is 6.48. The topological polar surface area (TPSA) is 75.6 Å². The molecule has 5 nitrogen and oxygen atoms in total. The Balaban J connectivity index is 2.24. The molecule has 3 aromatic rings. The Morgan fingerprint density at radius 3 is 1.84 bits per heavy atom. The molecule has 0 radical (unpaired) electrons. The highest BCUT2D eigenvalue weighted by molar-refractivity contribution is 7.89. The van der Waals surface area contributed by atoms with Gasteiger partial charge >= 0.3 is 0 Å². The summed E-state index contributed by atoms with van der Waals surface area (Å²) in [6, 6.07) is 21.2. The fraction of sp³-hybridized carbons (Fsp3) is 0.357. The van der Waals surface area contributed by atoms with Crippen molar-refractivity contribution < 1.29 is 18.0 Å². The Morgan fingerprint density at radius 2 is 1.38 bits per heavy atom. The molecule has 0 saturated heterocycles. The molecule has 0 heterocycles. The molecule has 0 saturated carbocycles. The van der Waals surface area contributed by atoms with Crippen LogP contribution in [0.1, 0.15) is 38.8 Å². The first-order valence-corrected chi connectivity index (χ1v) is 17.2. The molecule has 0 aliphatic rings. The molecule has 3 rings (SSSR count). The molecular weight excluding hydrogens is 545 g/mol. The third-order valence-electron chi connectivity index (χ3n) is 7.10. The highest BCUT2D eigenvalue weighted by atomic mass is 35.5. The molecular formula is C28H35Cl2NO4SSi. The van der Waals surface area contributed by atoms with Crippen molar-refractivity contribution in [2.75, 3.05) is 0 Å². The summed E-state index contributed by atoms with van der Waals surface area (Å²) in [6.07, 6.45) is -0.723. The molecule has 37 heavy (non-hydrogen) atoms. The normalized spacial score (nSPS) is 14.8. The van der Waals surface area contributed by atoms with Gasteiger partial charge in [-0.3, -0.25) is 0 Å². The van der Waals surface area contributed by atoms with Crippen LogP contribution in [0.4, 0.5) is 0 Å². The standard InChI is InChI=1S/C28H35Cl2NO4SSi/c1-20(35-37(5,6)27(2,3)4)26(31-36(33,34)25-19-23(29)17-18-24(25)30)28(32,21-13-9-7-10-14-21)22-15-11-8-12-16-22/h7-20,26,31-32H,1-6H3/t20-,26+/m1/s1. The van der Waals surface area contributed by atoms with Crippen LogP contribution in [0.3, 0.4) is 0 Å². The second-order valence-electron chi connectivity index (χ2n) is 10.8. The van der Waals surface area contributed by atoms with Crippen LogP contribution in [0, 0.1) is 0 Å². The lowest BCUT2D eigenvalue weighted by molar-refractivity contribution is -0.00269. The maximum Gasteiger partial charge on any atom is 0.242 e. The largest absolute Gasteiger partial charge is 0.412 e. The Kier molecular flexibility index (Phi) is 9.02. The van der Waals surface area contributed by atoms with Crippen LogP contribution in [0.25, 0.3) is 0 Å². The number of sulfonamides is 1. The van der Waals surface area contributed by atoms with Crippen molar-refractivity contribution in [1.29, 1.82) is 0 Å². The fourth-order valence-electron chi connectivity index (χ4n) is 4.05. The van der Waals surface area contributed by atoms with Crippen molar-refractivity contribution in [3.8, 4) is 0 Å². The molecule has 0 aliphatic carbocycles. The van der Waals surface area contributed by atoms with Crippen molar-refractivity contribution in [3.05, 3.63) is 100 Å². The van der Waals surface area contributed by atoms with E-state index >= 15 is 0 Å². The van der Waals surface area contributed by atoms with Crippen molar-refractivity contribution >= 4 is 41.5 Å². The minimum absolute atomic E-state index is 0.0246. The van der Waals surface area contributed by atoms with E-state index in [0.29, 0.717) is 11.1 Å². The average molecular weight is 581 g/mol. The van der Waals surface area contributed by atoms with E-state index in [-0.39, 0.29) is 20.0 Å². The van der Waals surface area contributed by atoms with Gasteiger partial charge in [-0.15, -0.1) is 0 Å². The first kappa shape index (κ1) is 29.8. The smallest absolute Gasteiger partial charge is 0.242 e. The lowest BCUT2D eigenvalue weighted by atomic mass is 9.78. The third-order valence-corrected chi connectivity index (χ3v) is 13.8. The van der Waals surface area contributed by atoms with E-state index in [0.717, 1.165) is 0 Å². The first-order valence-electron chi connectivity index (χ1n) is 12.1. The van der Waals surface area contributed by atoms with Crippen LogP contribution in [0.15, 0.2) is 83.8 Å². The molecule has 0 fully saturated rings. The fourth-order valence-corrected chi connectivity index (χ4v) is 7.56. The van der Waals surface area contributed by atoms with Crippen LogP contribution in [-0.4, -0.2) is 34.0 Å². The molecule has 2 N–H and O–H groups in total. The zero-order valence-corrected chi connectivity index (χ0v) is 25.3. The van der Waals surface area contributed by atoms with Gasteiger partial charge in [0.25, 0.3) is 0 Å². The van der Waals surface area contributed by atoms with Gasteiger partial charge in [-0.25, -0.2) is 13.1 Å². The highest BCUT2D eigenvalue weighted by Gasteiger charge is 2.49.